The number of hydrogen-bond donors (Lipinski definition) is 0. The third kappa shape index (κ3) is 4.72. The van der Waals surface area contributed by atoms with Crippen LogP contribution in [0, 0.1) is 0 Å². The quantitative estimate of drug-likeness (QED) is 0.572. The van der Waals surface area contributed by atoms with Crippen LogP contribution in [-0.4, -0.2) is 19.7 Å². The molecule has 1 aromatic rings. The van der Waals surface area contributed by atoms with Crippen molar-refractivity contribution in [2.75, 3.05) is 13.7 Å². The molecule has 0 fully saturated rings. The first-order valence-corrected chi connectivity index (χ1v) is 6.09. The lowest BCUT2D eigenvalue weighted by molar-refractivity contribution is -0.137. The van der Waals surface area contributed by atoms with Crippen LogP contribution in [0.5, 0.6) is 0 Å². The molecular weight excluding hydrogens is 228 g/mol. The van der Waals surface area contributed by atoms with Gasteiger partial charge in [-0.1, -0.05) is 35.9 Å². The predicted molar refractivity (Wildman–Crippen MR) is 71.2 cm³/mol. The standard InChI is InChI=1S/C15H20O3/c1-4-18-15(16)11-12(2)10-14(17-3)13-8-6-5-7-9-13/h5-9,11,14H,4,10H2,1-3H3/b12-11-. The molecule has 18 heavy (non-hydrogen) atoms. The van der Waals surface area contributed by atoms with E-state index in [0.717, 1.165) is 11.1 Å². The molecule has 0 aliphatic rings. The fourth-order valence-corrected chi connectivity index (χ4v) is 1.74. The smallest absolute Gasteiger partial charge is 0.330 e. The predicted octanol–water partition coefficient (Wildman–Crippen LogP) is 3.27. The van der Waals surface area contributed by atoms with Crippen LogP contribution < -0.4 is 0 Å². The van der Waals surface area contributed by atoms with Crippen LogP contribution in [0.1, 0.15) is 31.9 Å². The number of carbonyl (C=O) groups excluding carboxylic acids is 1. The summed E-state index contributed by atoms with van der Waals surface area (Å²) in [6.07, 6.45) is 2.18. The Kier molecular flexibility index (Phi) is 6.15. The summed E-state index contributed by atoms with van der Waals surface area (Å²) < 4.78 is 10.3. The molecule has 1 atom stereocenters. The summed E-state index contributed by atoms with van der Waals surface area (Å²) in [4.78, 5) is 11.3. The molecule has 0 aromatic heterocycles. The summed E-state index contributed by atoms with van der Waals surface area (Å²) in [6, 6.07) is 9.96. The summed E-state index contributed by atoms with van der Waals surface area (Å²) in [5, 5.41) is 0. The molecule has 3 heteroatoms. The van der Waals surface area contributed by atoms with Crippen LogP contribution in [-0.2, 0) is 14.3 Å². The van der Waals surface area contributed by atoms with Crippen LogP contribution >= 0.6 is 0 Å². The molecule has 0 spiro atoms. The first-order chi connectivity index (χ1) is 8.67. The molecule has 98 valence electrons. The molecule has 3 nitrogen and oxygen atoms in total. The molecule has 0 saturated carbocycles. The minimum Gasteiger partial charge on any atom is -0.463 e. The minimum atomic E-state index is -0.294. The molecule has 1 rings (SSSR count). The van der Waals surface area contributed by atoms with E-state index in [2.05, 4.69) is 0 Å². The highest BCUT2D eigenvalue weighted by molar-refractivity contribution is 5.82. The lowest BCUT2D eigenvalue weighted by Crippen LogP contribution is -2.05. The van der Waals surface area contributed by atoms with Crippen molar-refractivity contribution in [2.24, 2.45) is 0 Å². The molecule has 0 amide bonds. The van der Waals surface area contributed by atoms with Gasteiger partial charge in [-0.2, -0.15) is 0 Å². The van der Waals surface area contributed by atoms with Gasteiger partial charge in [-0.3, -0.25) is 0 Å². The van der Waals surface area contributed by atoms with Gasteiger partial charge >= 0.3 is 5.97 Å². The van der Waals surface area contributed by atoms with Gasteiger partial charge in [-0.15, -0.1) is 0 Å². The third-order valence-corrected chi connectivity index (χ3v) is 2.61. The van der Waals surface area contributed by atoms with E-state index in [1.54, 1.807) is 14.0 Å². The molecule has 1 aromatic carbocycles. The number of methoxy groups -OCH3 is 1. The van der Waals surface area contributed by atoms with Gasteiger partial charge in [0.1, 0.15) is 0 Å². The van der Waals surface area contributed by atoms with Gasteiger partial charge in [0.15, 0.2) is 0 Å². The topological polar surface area (TPSA) is 35.5 Å². The highest BCUT2D eigenvalue weighted by Crippen LogP contribution is 2.23. The molecule has 0 bridgehead atoms. The van der Waals surface area contributed by atoms with Gasteiger partial charge in [-0.05, 0) is 25.8 Å². The second-order valence-corrected chi connectivity index (χ2v) is 4.08. The van der Waals surface area contributed by atoms with Gasteiger partial charge in [0, 0.05) is 13.2 Å². The monoisotopic (exact) mass is 248 g/mol. The lowest BCUT2D eigenvalue weighted by Gasteiger charge is -2.15. The minimum absolute atomic E-state index is 0.0307. The van der Waals surface area contributed by atoms with E-state index in [1.165, 1.54) is 6.08 Å². The van der Waals surface area contributed by atoms with E-state index in [9.17, 15) is 4.79 Å². The van der Waals surface area contributed by atoms with Crippen molar-refractivity contribution >= 4 is 5.97 Å². The second kappa shape index (κ2) is 7.67. The van der Waals surface area contributed by atoms with Crippen LogP contribution in [0.2, 0.25) is 0 Å². The van der Waals surface area contributed by atoms with Crippen LogP contribution in [0.15, 0.2) is 42.0 Å². The highest BCUT2D eigenvalue weighted by atomic mass is 16.5. The summed E-state index contributed by atoms with van der Waals surface area (Å²) >= 11 is 0. The zero-order valence-electron chi connectivity index (χ0n) is 11.2. The Balaban J connectivity index is 2.66. The van der Waals surface area contributed by atoms with Crippen molar-refractivity contribution in [3.05, 3.63) is 47.5 Å². The van der Waals surface area contributed by atoms with Crippen LogP contribution in [0.25, 0.3) is 0 Å². The summed E-state index contributed by atoms with van der Waals surface area (Å²) in [6.45, 7) is 4.10. The average molecular weight is 248 g/mol. The zero-order valence-corrected chi connectivity index (χ0v) is 11.2. The van der Waals surface area contributed by atoms with Crippen LogP contribution in [0.3, 0.4) is 0 Å². The van der Waals surface area contributed by atoms with E-state index in [1.807, 2.05) is 37.3 Å². The Hall–Kier alpha value is -1.61. The first kappa shape index (κ1) is 14.5. The van der Waals surface area contributed by atoms with Gasteiger partial charge in [0.2, 0.25) is 0 Å². The van der Waals surface area contributed by atoms with Crippen molar-refractivity contribution in [1.82, 2.24) is 0 Å². The van der Waals surface area contributed by atoms with Crippen molar-refractivity contribution in [2.45, 2.75) is 26.4 Å². The average Bonchev–Trinajstić information content (AvgIpc) is 2.37. The van der Waals surface area contributed by atoms with E-state index >= 15 is 0 Å². The Morgan fingerprint density at radius 3 is 2.56 bits per heavy atom. The number of rotatable bonds is 6. The fraction of sp³-hybridized carbons (Fsp3) is 0.400. The molecule has 0 aliphatic heterocycles. The Morgan fingerprint density at radius 1 is 1.33 bits per heavy atom. The Bertz CT molecular complexity index is 395. The lowest BCUT2D eigenvalue weighted by atomic mass is 10.0. The maximum Gasteiger partial charge on any atom is 0.330 e. The Labute approximate surface area is 108 Å². The summed E-state index contributed by atoms with van der Waals surface area (Å²) in [7, 11) is 1.68. The molecule has 0 saturated heterocycles. The second-order valence-electron chi connectivity index (χ2n) is 4.08. The summed E-state index contributed by atoms with van der Waals surface area (Å²) in [5.74, 6) is -0.294. The fourth-order valence-electron chi connectivity index (χ4n) is 1.74. The molecular formula is C15H20O3. The largest absolute Gasteiger partial charge is 0.463 e. The normalized spacial score (nSPS) is 13.2. The number of ether oxygens (including phenoxy) is 2. The van der Waals surface area contributed by atoms with Crippen molar-refractivity contribution in [3.63, 3.8) is 0 Å². The SMILES string of the molecule is CCOC(=O)/C=C(/C)CC(OC)c1ccccc1. The number of carbonyl (C=O) groups is 1. The van der Waals surface area contributed by atoms with Crippen LogP contribution in [0.4, 0.5) is 0 Å². The maximum atomic E-state index is 11.3. The zero-order chi connectivity index (χ0) is 13.4. The summed E-state index contributed by atoms with van der Waals surface area (Å²) in [5.41, 5.74) is 2.06. The molecule has 1 unspecified atom stereocenters. The van der Waals surface area contributed by atoms with E-state index in [-0.39, 0.29) is 12.1 Å². The van der Waals surface area contributed by atoms with Gasteiger partial charge in [0.25, 0.3) is 0 Å². The van der Waals surface area contributed by atoms with Gasteiger partial charge in [-0.25, -0.2) is 4.79 Å². The molecule has 0 N–H and O–H groups in total. The first-order valence-electron chi connectivity index (χ1n) is 6.09. The number of esters is 1. The third-order valence-electron chi connectivity index (χ3n) is 2.61. The molecule has 0 aliphatic carbocycles. The van der Waals surface area contributed by atoms with E-state index < -0.39 is 0 Å². The molecule has 0 radical (unpaired) electrons. The van der Waals surface area contributed by atoms with Crippen molar-refractivity contribution in [1.29, 1.82) is 0 Å². The van der Waals surface area contributed by atoms with E-state index in [0.29, 0.717) is 13.0 Å². The Morgan fingerprint density at radius 2 is 2.00 bits per heavy atom. The van der Waals surface area contributed by atoms with Crippen molar-refractivity contribution in [3.8, 4) is 0 Å². The highest BCUT2D eigenvalue weighted by Gasteiger charge is 2.11. The van der Waals surface area contributed by atoms with Gasteiger partial charge in [0.05, 0.1) is 12.7 Å². The van der Waals surface area contributed by atoms with Crippen molar-refractivity contribution < 1.29 is 14.3 Å². The molecule has 0 heterocycles. The maximum absolute atomic E-state index is 11.3. The number of benzene rings is 1. The van der Waals surface area contributed by atoms with Gasteiger partial charge < -0.3 is 9.47 Å². The van der Waals surface area contributed by atoms with E-state index in [4.69, 9.17) is 9.47 Å². The number of hydrogen-bond acceptors (Lipinski definition) is 3.